The molecule has 0 saturated heterocycles. The first kappa shape index (κ1) is 14.3. The number of carbonyl (C=O) groups is 1. The lowest BCUT2D eigenvalue weighted by molar-refractivity contribution is 0.253. The van der Waals surface area contributed by atoms with Crippen LogP contribution < -0.4 is 10.6 Å². The highest BCUT2D eigenvalue weighted by Gasteiger charge is 2.19. The minimum Gasteiger partial charge on any atom is -0.334 e. The summed E-state index contributed by atoms with van der Waals surface area (Å²) >= 11 is 0. The molecule has 3 nitrogen and oxygen atoms in total. The number of amides is 2. The fourth-order valence-corrected chi connectivity index (χ4v) is 1.78. The molecule has 0 radical (unpaired) electrons. The minimum atomic E-state index is -0.199. The third-order valence-corrected chi connectivity index (χ3v) is 2.73. The number of aryl methyl sites for hydroxylation is 1. The van der Waals surface area contributed by atoms with E-state index in [9.17, 15) is 4.79 Å². The lowest BCUT2D eigenvalue weighted by atomic mass is 9.84. The van der Waals surface area contributed by atoms with Crippen molar-refractivity contribution >= 4 is 11.7 Å². The predicted molar refractivity (Wildman–Crippen MR) is 77.1 cm³/mol. The van der Waals surface area contributed by atoms with E-state index in [1.165, 1.54) is 0 Å². The molecule has 0 spiro atoms. The maximum absolute atomic E-state index is 11.7. The van der Waals surface area contributed by atoms with Gasteiger partial charge in [0, 0.05) is 12.2 Å². The maximum atomic E-state index is 11.7. The molecular weight excluding hydrogens is 224 g/mol. The molecule has 0 aromatic heterocycles. The Morgan fingerprint density at radius 3 is 2.61 bits per heavy atom. The van der Waals surface area contributed by atoms with Gasteiger partial charge in [0.2, 0.25) is 0 Å². The van der Waals surface area contributed by atoms with Gasteiger partial charge >= 0.3 is 6.03 Å². The Morgan fingerprint density at radius 1 is 1.39 bits per heavy atom. The number of hydrogen-bond donors (Lipinski definition) is 2. The van der Waals surface area contributed by atoms with Crippen molar-refractivity contribution < 1.29 is 4.79 Å². The van der Waals surface area contributed by atoms with E-state index in [1.807, 2.05) is 19.1 Å². The lowest BCUT2D eigenvalue weighted by Gasteiger charge is -2.24. The van der Waals surface area contributed by atoms with Crippen molar-refractivity contribution in [2.75, 3.05) is 11.9 Å². The number of para-hydroxylation sites is 1. The fraction of sp³-hybridized carbons (Fsp3) is 0.400. The number of anilines is 1. The molecule has 2 N–H and O–H groups in total. The molecule has 1 aromatic carbocycles. The quantitative estimate of drug-likeness (QED) is 0.786. The molecule has 0 aliphatic carbocycles. The van der Waals surface area contributed by atoms with Gasteiger partial charge in [0.05, 0.1) is 0 Å². The van der Waals surface area contributed by atoms with Crippen LogP contribution in [-0.4, -0.2) is 12.6 Å². The second-order valence-corrected chi connectivity index (χ2v) is 5.37. The van der Waals surface area contributed by atoms with E-state index >= 15 is 0 Å². The summed E-state index contributed by atoms with van der Waals surface area (Å²) < 4.78 is 0. The zero-order valence-electron chi connectivity index (χ0n) is 11.6. The van der Waals surface area contributed by atoms with Gasteiger partial charge in [-0.2, -0.15) is 0 Å². The molecule has 18 heavy (non-hydrogen) atoms. The first-order valence-corrected chi connectivity index (χ1v) is 6.12. The maximum Gasteiger partial charge on any atom is 0.319 e. The third kappa shape index (κ3) is 3.62. The van der Waals surface area contributed by atoms with Gasteiger partial charge in [-0.3, -0.25) is 0 Å². The van der Waals surface area contributed by atoms with E-state index in [4.69, 9.17) is 0 Å². The molecule has 0 heterocycles. The molecule has 0 unspecified atom stereocenters. The van der Waals surface area contributed by atoms with Crippen LogP contribution in [-0.2, 0) is 5.41 Å². The van der Waals surface area contributed by atoms with Gasteiger partial charge < -0.3 is 10.6 Å². The highest BCUT2D eigenvalue weighted by atomic mass is 16.2. The Hall–Kier alpha value is -1.77. The Morgan fingerprint density at radius 2 is 2.06 bits per heavy atom. The highest BCUT2D eigenvalue weighted by Crippen LogP contribution is 2.31. The average molecular weight is 246 g/mol. The summed E-state index contributed by atoms with van der Waals surface area (Å²) in [5, 5.41) is 5.64. The second-order valence-electron chi connectivity index (χ2n) is 5.37. The number of nitrogens with one attached hydrogen (secondary N) is 2. The number of benzene rings is 1. The SMILES string of the molecule is C=CCNC(=O)Nc1c(C)cccc1C(C)(C)C. The summed E-state index contributed by atoms with van der Waals surface area (Å²) in [6, 6.07) is 5.87. The summed E-state index contributed by atoms with van der Waals surface area (Å²) in [6.07, 6.45) is 1.65. The van der Waals surface area contributed by atoms with Crippen LogP contribution in [0.5, 0.6) is 0 Å². The molecule has 98 valence electrons. The van der Waals surface area contributed by atoms with Gasteiger partial charge in [0.1, 0.15) is 0 Å². The lowest BCUT2D eigenvalue weighted by Crippen LogP contribution is -2.30. The summed E-state index contributed by atoms with van der Waals surface area (Å²) in [6.45, 7) is 12.4. The molecule has 3 heteroatoms. The number of carbonyl (C=O) groups excluding carboxylic acids is 1. The van der Waals surface area contributed by atoms with Crippen LogP contribution in [0.15, 0.2) is 30.9 Å². The number of urea groups is 1. The van der Waals surface area contributed by atoms with Crippen molar-refractivity contribution in [3.05, 3.63) is 42.0 Å². The van der Waals surface area contributed by atoms with Crippen molar-refractivity contribution in [1.82, 2.24) is 5.32 Å². The van der Waals surface area contributed by atoms with E-state index in [2.05, 4.69) is 44.1 Å². The molecule has 0 saturated carbocycles. The first-order valence-electron chi connectivity index (χ1n) is 6.12. The van der Waals surface area contributed by atoms with Crippen LogP contribution in [0.25, 0.3) is 0 Å². The van der Waals surface area contributed by atoms with Gasteiger partial charge in [-0.05, 0) is 23.5 Å². The Bertz CT molecular complexity index is 444. The first-order chi connectivity index (χ1) is 8.36. The van der Waals surface area contributed by atoms with Crippen LogP contribution in [0.3, 0.4) is 0 Å². The van der Waals surface area contributed by atoms with E-state index in [1.54, 1.807) is 6.08 Å². The predicted octanol–water partition coefficient (Wildman–Crippen LogP) is 3.60. The van der Waals surface area contributed by atoms with E-state index < -0.39 is 0 Å². The summed E-state index contributed by atoms with van der Waals surface area (Å²) in [5.74, 6) is 0. The zero-order chi connectivity index (χ0) is 13.8. The highest BCUT2D eigenvalue weighted by molar-refractivity contribution is 5.91. The fourth-order valence-electron chi connectivity index (χ4n) is 1.78. The second kappa shape index (κ2) is 5.71. The van der Waals surface area contributed by atoms with Crippen LogP contribution in [0, 0.1) is 6.92 Å². The topological polar surface area (TPSA) is 41.1 Å². The molecule has 0 bridgehead atoms. The smallest absolute Gasteiger partial charge is 0.319 e. The van der Waals surface area contributed by atoms with Crippen molar-refractivity contribution in [1.29, 1.82) is 0 Å². The standard InChI is InChI=1S/C15H22N2O/c1-6-10-16-14(18)17-13-11(2)8-7-9-12(13)15(3,4)5/h6-9H,1,10H2,2-5H3,(H2,16,17,18). The minimum absolute atomic E-state index is 0.00687. The molecule has 1 rings (SSSR count). The Balaban J connectivity index is 3.00. The largest absolute Gasteiger partial charge is 0.334 e. The molecular formula is C15H22N2O. The van der Waals surface area contributed by atoms with Gasteiger partial charge in [-0.1, -0.05) is 45.0 Å². The van der Waals surface area contributed by atoms with Gasteiger partial charge in [-0.25, -0.2) is 4.79 Å². The molecule has 0 aliphatic heterocycles. The van der Waals surface area contributed by atoms with Crippen molar-refractivity contribution in [3.63, 3.8) is 0 Å². The van der Waals surface area contributed by atoms with Gasteiger partial charge in [-0.15, -0.1) is 6.58 Å². The third-order valence-electron chi connectivity index (χ3n) is 2.73. The van der Waals surface area contributed by atoms with E-state index in [0.717, 1.165) is 16.8 Å². The molecule has 0 aliphatic rings. The molecule has 0 atom stereocenters. The number of hydrogen-bond acceptors (Lipinski definition) is 1. The average Bonchev–Trinajstić information content (AvgIpc) is 2.27. The molecule has 2 amide bonds. The number of rotatable bonds is 3. The van der Waals surface area contributed by atoms with Crippen molar-refractivity contribution in [2.45, 2.75) is 33.1 Å². The Labute approximate surface area is 109 Å². The molecule has 1 aromatic rings. The van der Waals surface area contributed by atoms with Crippen LogP contribution in [0.2, 0.25) is 0 Å². The Kier molecular flexibility index (Phi) is 4.54. The monoisotopic (exact) mass is 246 g/mol. The van der Waals surface area contributed by atoms with Crippen LogP contribution in [0.1, 0.15) is 31.9 Å². The summed E-state index contributed by atoms with van der Waals surface area (Å²) in [7, 11) is 0. The van der Waals surface area contributed by atoms with Crippen molar-refractivity contribution in [3.8, 4) is 0 Å². The van der Waals surface area contributed by atoms with Crippen molar-refractivity contribution in [2.24, 2.45) is 0 Å². The van der Waals surface area contributed by atoms with Gasteiger partial charge in [0.15, 0.2) is 0 Å². The zero-order valence-corrected chi connectivity index (χ0v) is 11.6. The summed E-state index contributed by atoms with van der Waals surface area (Å²) in [5.41, 5.74) is 3.09. The van der Waals surface area contributed by atoms with E-state index in [-0.39, 0.29) is 11.4 Å². The normalized spacial score (nSPS) is 10.9. The van der Waals surface area contributed by atoms with Crippen LogP contribution in [0.4, 0.5) is 10.5 Å². The summed E-state index contributed by atoms with van der Waals surface area (Å²) in [4.78, 5) is 11.7. The van der Waals surface area contributed by atoms with E-state index in [0.29, 0.717) is 6.54 Å². The van der Waals surface area contributed by atoms with Crippen LogP contribution >= 0.6 is 0 Å². The van der Waals surface area contributed by atoms with Gasteiger partial charge in [0.25, 0.3) is 0 Å². The molecule has 0 fully saturated rings.